The number of alkyl halides is 1. The molecule has 1 heterocycles. The van der Waals surface area contributed by atoms with E-state index >= 15 is 0 Å². The Morgan fingerprint density at radius 1 is 1.53 bits per heavy atom. The third-order valence-electron chi connectivity index (χ3n) is 3.44. The van der Waals surface area contributed by atoms with Crippen molar-refractivity contribution in [2.45, 2.75) is 30.8 Å². The van der Waals surface area contributed by atoms with E-state index in [1.54, 1.807) is 0 Å². The van der Waals surface area contributed by atoms with E-state index in [9.17, 15) is 0 Å². The minimum atomic E-state index is 0.280. The highest BCUT2D eigenvalue weighted by molar-refractivity contribution is 9.08. The molecule has 1 fully saturated rings. The molecule has 2 nitrogen and oxygen atoms in total. The highest BCUT2D eigenvalue weighted by atomic mass is 79.9. The van der Waals surface area contributed by atoms with Crippen LogP contribution in [-0.2, 0) is 10.1 Å². The Kier molecular flexibility index (Phi) is 4.34. The van der Waals surface area contributed by atoms with Crippen molar-refractivity contribution in [1.29, 1.82) is 0 Å². The number of likely N-dealkylation sites (N-methyl/N-ethyl adjacent to an activating group) is 1. The van der Waals surface area contributed by atoms with Crippen molar-refractivity contribution in [3.63, 3.8) is 0 Å². The van der Waals surface area contributed by atoms with Gasteiger partial charge in [0.1, 0.15) is 0 Å². The zero-order chi connectivity index (χ0) is 12.4. The fraction of sp³-hybridized carbons (Fsp3) is 0.538. The van der Waals surface area contributed by atoms with Crippen molar-refractivity contribution in [3.8, 4) is 0 Å². The molecule has 2 unspecified atom stereocenters. The van der Waals surface area contributed by atoms with Gasteiger partial charge in [-0.25, -0.2) is 0 Å². The Hall–Kier alpha value is -0.250. The topological polar surface area (TPSA) is 12.5 Å². The van der Waals surface area contributed by atoms with Crippen molar-refractivity contribution < 1.29 is 4.74 Å². The van der Waals surface area contributed by atoms with Crippen LogP contribution in [0.3, 0.4) is 0 Å². The minimum Gasteiger partial charge on any atom is -0.376 e. The summed E-state index contributed by atoms with van der Waals surface area (Å²) in [7, 11) is 2.12. The fourth-order valence-corrected chi connectivity index (χ4v) is 3.40. The SMILES string of the molecule is CC1OCCC1N(C)c1cccc(Cl)c1CBr. The number of rotatable bonds is 3. The van der Waals surface area contributed by atoms with Gasteiger partial charge in [0.15, 0.2) is 0 Å². The third kappa shape index (κ3) is 2.61. The molecule has 0 N–H and O–H groups in total. The van der Waals surface area contributed by atoms with E-state index < -0.39 is 0 Å². The van der Waals surface area contributed by atoms with Crippen LogP contribution in [0, 0.1) is 0 Å². The molecule has 1 aromatic carbocycles. The van der Waals surface area contributed by atoms with E-state index in [0.29, 0.717) is 6.04 Å². The van der Waals surface area contributed by atoms with Crippen LogP contribution in [0.5, 0.6) is 0 Å². The average Bonchev–Trinajstić information content (AvgIpc) is 2.74. The molecule has 94 valence electrons. The second-order valence-electron chi connectivity index (χ2n) is 4.41. The molecule has 0 amide bonds. The van der Waals surface area contributed by atoms with Crippen molar-refractivity contribution in [1.82, 2.24) is 0 Å². The Balaban J connectivity index is 2.30. The minimum absolute atomic E-state index is 0.280. The molecule has 2 rings (SSSR count). The summed E-state index contributed by atoms with van der Waals surface area (Å²) < 4.78 is 5.63. The lowest BCUT2D eigenvalue weighted by molar-refractivity contribution is 0.118. The fourth-order valence-electron chi connectivity index (χ4n) is 2.42. The smallest absolute Gasteiger partial charge is 0.0750 e. The lowest BCUT2D eigenvalue weighted by Gasteiger charge is -2.30. The van der Waals surface area contributed by atoms with Crippen molar-refractivity contribution in [3.05, 3.63) is 28.8 Å². The maximum Gasteiger partial charge on any atom is 0.0750 e. The van der Waals surface area contributed by atoms with Gasteiger partial charge in [0.25, 0.3) is 0 Å². The Morgan fingerprint density at radius 3 is 2.88 bits per heavy atom. The Bertz CT molecular complexity index is 399. The number of hydrogen-bond donors (Lipinski definition) is 0. The lowest BCUT2D eigenvalue weighted by Crippen LogP contribution is -2.37. The second kappa shape index (κ2) is 5.59. The van der Waals surface area contributed by atoms with Gasteiger partial charge in [0.05, 0.1) is 12.1 Å². The molecule has 0 aromatic heterocycles. The van der Waals surface area contributed by atoms with E-state index in [4.69, 9.17) is 16.3 Å². The first-order chi connectivity index (χ1) is 8.15. The number of anilines is 1. The van der Waals surface area contributed by atoms with Crippen molar-refractivity contribution in [2.75, 3.05) is 18.6 Å². The summed E-state index contributed by atoms with van der Waals surface area (Å²) in [6.07, 6.45) is 1.36. The molecule has 1 aromatic rings. The molecule has 0 radical (unpaired) electrons. The number of ether oxygens (including phenoxy) is 1. The summed E-state index contributed by atoms with van der Waals surface area (Å²) in [5, 5.41) is 1.59. The Morgan fingerprint density at radius 2 is 2.29 bits per heavy atom. The van der Waals surface area contributed by atoms with Crippen LogP contribution < -0.4 is 4.90 Å². The van der Waals surface area contributed by atoms with E-state index in [0.717, 1.165) is 28.9 Å². The largest absolute Gasteiger partial charge is 0.376 e. The summed E-state index contributed by atoms with van der Waals surface area (Å²) in [6, 6.07) is 6.49. The first-order valence-corrected chi connectivity index (χ1v) is 7.33. The van der Waals surface area contributed by atoms with E-state index in [1.165, 1.54) is 5.69 Å². The van der Waals surface area contributed by atoms with Gasteiger partial charge in [0.2, 0.25) is 0 Å². The van der Waals surface area contributed by atoms with Gasteiger partial charge in [-0.3, -0.25) is 0 Å². The maximum absolute atomic E-state index is 6.23. The van der Waals surface area contributed by atoms with Gasteiger partial charge < -0.3 is 9.64 Å². The molecule has 1 aliphatic rings. The highest BCUT2D eigenvalue weighted by Gasteiger charge is 2.29. The number of benzene rings is 1. The lowest BCUT2D eigenvalue weighted by atomic mass is 10.1. The van der Waals surface area contributed by atoms with Crippen molar-refractivity contribution >= 4 is 33.2 Å². The van der Waals surface area contributed by atoms with Gasteiger partial charge in [0, 0.05) is 35.3 Å². The quantitative estimate of drug-likeness (QED) is 0.785. The first kappa shape index (κ1) is 13.2. The summed E-state index contributed by atoms with van der Waals surface area (Å²) in [4.78, 5) is 2.29. The summed E-state index contributed by atoms with van der Waals surface area (Å²) >= 11 is 9.74. The van der Waals surface area contributed by atoms with Crippen molar-refractivity contribution in [2.24, 2.45) is 0 Å². The molecular weight excluding hydrogens is 302 g/mol. The molecule has 0 aliphatic carbocycles. The van der Waals surface area contributed by atoms with Crippen LogP contribution in [0.2, 0.25) is 5.02 Å². The van der Waals surface area contributed by atoms with Crippen LogP contribution in [0.15, 0.2) is 18.2 Å². The monoisotopic (exact) mass is 317 g/mol. The number of nitrogens with zero attached hydrogens (tertiary/aromatic N) is 1. The molecular formula is C13H17BrClNO. The molecule has 1 saturated heterocycles. The van der Waals surface area contributed by atoms with Gasteiger partial charge in [-0.2, -0.15) is 0 Å². The van der Waals surface area contributed by atoms with Crippen LogP contribution in [-0.4, -0.2) is 25.8 Å². The molecule has 4 heteroatoms. The van der Waals surface area contributed by atoms with Gasteiger partial charge in [-0.15, -0.1) is 0 Å². The summed E-state index contributed by atoms with van der Waals surface area (Å²) in [5.74, 6) is 0. The maximum atomic E-state index is 6.23. The van der Waals surface area contributed by atoms with Crippen LogP contribution >= 0.6 is 27.5 Å². The van der Waals surface area contributed by atoms with Gasteiger partial charge in [-0.1, -0.05) is 33.6 Å². The zero-order valence-electron chi connectivity index (χ0n) is 10.1. The highest BCUT2D eigenvalue weighted by Crippen LogP contribution is 2.32. The normalized spacial score (nSPS) is 24.0. The van der Waals surface area contributed by atoms with Crippen LogP contribution in [0.25, 0.3) is 0 Å². The van der Waals surface area contributed by atoms with E-state index in [1.807, 2.05) is 12.1 Å². The zero-order valence-corrected chi connectivity index (χ0v) is 12.5. The van der Waals surface area contributed by atoms with Gasteiger partial charge >= 0.3 is 0 Å². The standard InChI is InChI=1S/C13H17BrClNO/c1-9-12(6-7-17-9)16(2)13-5-3-4-11(15)10(13)8-14/h3-5,9,12H,6-8H2,1-2H3. The van der Waals surface area contributed by atoms with E-state index in [2.05, 4.69) is 40.9 Å². The first-order valence-electron chi connectivity index (χ1n) is 5.83. The number of hydrogen-bond acceptors (Lipinski definition) is 2. The predicted octanol–water partition coefficient (Wildman–Crippen LogP) is 3.85. The van der Waals surface area contributed by atoms with Gasteiger partial charge in [-0.05, 0) is 25.5 Å². The average molecular weight is 319 g/mol. The van der Waals surface area contributed by atoms with Crippen LogP contribution in [0.1, 0.15) is 18.9 Å². The van der Waals surface area contributed by atoms with Crippen LogP contribution in [0.4, 0.5) is 5.69 Å². The Labute approximate surface area is 116 Å². The predicted molar refractivity (Wildman–Crippen MR) is 76.3 cm³/mol. The summed E-state index contributed by atoms with van der Waals surface area (Å²) in [6.45, 7) is 2.98. The van der Waals surface area contributed by atoms with E-state index in [-0.39, 0.29) is 6.10 Å². The molecule has 0 saturated carbocycles. The number of halogens is 2. The molecule has 0 bridgehead atoms. The molecule has 1 aliphatic heterocycles. The third-order valence-corrected chi connectivity index (χ3v) is 4.36. The summed E-state index contributed by atoms with van der Waals surface area (Å²) in [5.41, 5.74) is 2.34. The molecule has 17 heavy (non-hydrogen) atoms. The molecule has 0 spiro atoms. The second-order valence-corrected chi connectivity index (χ2v) is 5.38. The molecule has 2 atom stereocenters.